The molecule has 1 N–H and O–H groups in total. The number of hydrogen-bond acceptors (Lipinski definition) is 3. The van der Waals surface area contributed by atoms with Crippen LogP contribution in [0.25, 0.3) is 0 Å². The van der Waals surface area contributed by atoms with Gasteiger partial charge in [0, 0.05) is 23.6 Å². The summed E-state index contributed by atoms with van der Waals surface area (Å²) in [5.41, 5.74) is 1.64. The monoisotopic (exact) mass is 301 g/mol. The molecule has 0 heterocycles. The van der Waals surface area contributed by atoms with Gasteiger partial charge in [-0.3, -0.25) is 0 Å². The van der Waals surface area contributed by atoms with E-state index in [2.05, 4.69) is 5.32 Å². The zero-order valence-corrected chi connectivity index (χ0v) is 13.3. The molecule has 5 heteroatoms. The molecule has 1 rings (SSSR count). The summed E-state index contributed by atoms with van der Waals surface area (Å²) in [5, 5.41) is 3.31. The molecule has 20 heavy (non-hydrogen) atoms. The third kappa shape index (κ3) is 6.01. The van der Waals surface area contributed by atoms with Gasteiger partial charge in [-0.05, 0) is 38.8 Å². The highest BCUT2D eigenvalue weighted by Crippen LogP contribution is 2.23. The minimum atomic E-state index is -2.96. The quantitative estimate of drug-likeness (QED) is 0.803. The summed E-state index contributed by atoms with van der Waals surface area (Å²) in [6.45, 7) is 4.76. The van der Waals surface area contributed by atoms with Crippen LogP contribution in [-0.2, 0) is 9.84 Å². The Morgan fingerprint density at radius 3 is 2.65 bits per heavy atom. The summed E-state index contributed by atoms with van der Waals surface area (Å²) in [6.07, 6.45) is 3.34. The van der Waals surface area contributed by atoms with Crippen molar-refractivity contribution in [3.63, 3.8) is 0 Å². The second-order valence-corrected chi connectivity index (χ2v) is 7.56. The third-order valence-electron chi connectivity index (χ3n) is 3.18. The Kier molecular flexibility index (Phi) is 6.62. The second-order valence-electron chi connectivity index (χ2n) is 5.30. The van der Waals surface area contributed by atoms with Gasteiger partial charge < -0.3 is 5.32 Å². The van der Waals surface area contributed by atoms with Crippen LogP contribution in [0.4, 0.5) is 4.39 Å². The maximum absolute atomic E-state index is 13.9. The summed E-state index contributed by atoms with van der Waals surface area (Å²) >= 11 is 0. The van der Waals surface area contributed by atoms with E-state index in [-0.39, 0.29) is 17.6 Å². The molecular weight excluding hydrogens is 277 g/mol. The summed E-state index contributed by atoms with van der Waals surface area (Å²) in [4.78, 5) is 0. The van der Waals surface area contributed by atoms with Crippen LogP contribution in [0.3, 0.4) is 0 Å². The molecule has 1 aromatic rings. The normalized spacial score (nSPS) is 13.4. The molecule has 0 bridgehead atoms. The van der Waals surface area contributed by atoms with Crippen molar-refractivity contribution in [3.8, 4) is 0 Å². The maximum Gasteiger partial charge on any atom is 0.147 e. The number of nitrogens with one attached hydrogen (secondary N) is 1. The van der Waals surface area contributed by atoms with Crippen LogP contribution in [0.1, 0.15) is 43.4 Å². The molecule has 0 aliphatic carbocycles. The zero-order valence-electron chi connectivity index (χ0n) is 12.4. The van der Waals surface area contributed by atoms with Crippen LogP contribution in [0.15, 0.2) is 18.2 Å². The lowest BCUT2D eigenvalue weighted by Gasteiger charge is -2.20. The largest absolute Gasteiger partial charge is 0.310 e. The smallest absolute Gasteiger partial charge is 0.147 e. The van der Waals surface area contributed by atoms with Crippen molar-refractivity contribution in [2.24, 2.45) is 0 Å². The van der Waals surface area contributed by atoms with Crippen molar-refractivity contribution < 1.29 is 12.8 Å². The molecule has 0 aromatic heterocycles. The molecule has 3 nitrogen and oxygen atoms in total. The van der Waals surface area contributed by atoms with Crippen molar-refractivity contribution in [2.75, 3.05) is 18.6 Å². The van der Waals surface area contributed by atoms with Crippen LogP contribution in [0.5, 0.6) is 0 Å². The molecular formula is C15H24FNO2S. The standard InChI is InChI=1S/C15H24FNO2S/c1-4-9-17-15(6-5-10-20(3,18)19)13-11-12(2)7-8-14(13)16/h7-8,11,15,17H,4-6,9-10H2,1-3H3. The Labute approximate surface area is 121 Å². The molecule has 0 saturated heterocycles. The third-order valence-corrected chi connectivity index (χ3v) is 4.21. The lowest BCUT2D eigenvalue weighted by Crippen LogP contribution is -2.24. The molecule has 0 aliphatic rings. The second kappa shape index (κ2) is 7.74. The van der Waals surface area contributed by atoms with E-state index in [0.717, 1.165) is 18.5 Å². The molecule has 1 unspecified atom stereocenters. The van der Waals surface area contributed by atoms with Crippen molar-refractivity contribution in [1.82, 2.24) is 5.32 Å². The van der Waals surface area contributed by atoms with Gasteiger partial charge in [-0.15, -0.1) is 0 Å². The molecule has 0 amide bonds. The molecule has 0 radical (unpaired) electrons. The van der Waals surface area contributed by atoms with E-state index in [0.29, 0.717) is 18.4 Å². The number of benzene rings is 1. The fourth-order valence-corrected chi connectivity index (χ4v) is 2.86. The fraction of sp³-hybridized carbons (Fsp3) is 0.600. The van der Waals surface area contributed by atoms with Gasteiger partial charge in [-0.25, -0.2) is 12.8 Å². The van der Waals surface area contributed by atoms with Crippen molar-refractivity contribution >= 4 is 9.84 Å². The Morgan fingerprint density at radius 2 is 2.05 bits per heavy atom. The van der Waals surface area contributed by atoms with E-state index in [1.807, 2.05) is 19.9 Å². The molecule has 1 atom stereocenters. The first-order valence-electron chi connectivity index (χ1n) is 7.00. The predicted octanol–water partition coefficient (Wildman–Crippen LogP) is 3.00. The van der Waals surface area contributed by atoms with E-state index in [4.69, 9.17) is 0 Å². The van der Waals surface area contributed by atoms with Gasteiger partial charge in [0.15, 0.2) is 0 Å². The summed E-state index contributed by atoms with van der Waals surface area (Å²) in [6, 6.07) is 4.92. The highest BCUT2D eigenvalue weighted by Gasteiger charge is 2.16. The average molecular weight is 301 g/mol. The summed E-state index contributed by atoms with van der Waals surface area (Å²) in [5.74, 6) is -0.0892. The van der Waals surface area contributed by atoms with E-state index < -0.39 is 9.84 Å². The number of hydrogen-bond donors (Lipinski definition) is 1. The fourth-order valence-electron chi connectivity index (χ4n) is 2.17. The topological polar surface area (TPSA) is 46.2 Å². The Morgan fingerprint density at radius 1 is 1.35 bits per heavy atom. The lowest BCUT2D eigenvalue weighted by atomic mass is 9.99. The molecule has 114 valence electrons. The van der Waals surface area contributed by atoms with Crippen molar-refractivity contribution in [1.29, 1.82) is 0 Å². The van der Waals surface area contributed by atoms with E-state index in [9.17, 15) is 12.8 Å². The molecule has 0 aliphatic heterocycles. The Bertz CT molecular complexity index is 529. The first kappa shape index (κ1) is 17.1. The van der Waals surface area contributed by atoms with Crippen LogP contribution in [0.2, 0.25) is 0 Å². The van der Waals surface area contributed by atoms with Crippen molar-refractivity contribution in [3.05, 3.63) is 35.1 Å². The van der Waals surface area contributed by atoms with Crippen LogP contribution < -0.4 is 5.32 Å². The highest BCUT2D eigenvalue weighted by atomic mass is 32.2. The first-order valence-corrected chi connectivity index (χ1v) is 9.06. The first-order chi connectivity index (χ1) is 9.33. The lowest BCUT2D eigenvalue weighted by molar-refractivity contribution is 0.468. The zero-order chi connectivity index (χ0) is 15.2. The number of halogens is 1. The van der Waals surface area contributed by atoms with Gasteiger partial charge in [-0.2, -0.15) is 0 Å². The molecule has 0 fully saturated rings. The van der Waals surface area contributed by atoms with Crippen LogP contribution in [0, 0.1) is 12.7 Å². The van der Waals surface area contributed by atoms with Crippen LogP contribution >= 0.6 is 0 Å². The number of rotatable bonds is 8. The average Bonchev–Trinajstić information content (AvgIpc) is 2.35. The summed E-state index contributed by atoms with van der Waals surface area (Å²) in [7, 11) is -2.96. The van der Waals surface area contributed by atoms with Gasteiger partial charge >= 0.3 is 0 Å². The van der Waals surface area contributed by atoms with Gasteiger partial charge in [0.1, 0.15) is 15.7 Å². The van der Waals surface area contributed by atoms with Crippen molar-refractivity contribution in [2.45, 2.75) is 39.2 Å². The van der Waals surface area contributed by atoms with Crippen LogP contribution in [-0.4, -0.2) is 27.0 Å². The van der Waals surface area contributed by atoms with Gasteiger partial charge in [0.2, 0.25) is 0 Å². The van der Waals surface area contributed by atoms with Gasteiger partial charge in [0.05, 0.1) is 0 Å². The maximum atomic E-state index is 13.9. The SMILES string of the molecule is CCCNC(CCCS(C)(=O)=O)c1cc(C)ccc1F. The number of aryl methyl sites for hydroxylation is 1. The minimum Gasteiger partial charge on any atom is -0.310 e. The molecule has 0 spiro atoms. The minimum absolute atomic E-state index is 0.128. The highest BCUT2D eigenvalue weighted by molar-refractivity contribution is 7.90. The van der Waals surface area contributed by atoms with E-state index >= 15 is 0 Å². The summed E-state index contributed by atoms with van der Waals surface area (Å²) < 4.78 is 36.3. The van der Waals surface area contributed by atoms with E-state index in [1.165, 1.54) is 12.3 Å². The van der Waals surface area contributed by atoms with Gasteiger partial charge in [-0.1, -0.05) is 24.6 Å². The Balaban J connectivity index is 2.80. The Hall–Kier alpha value is -0.940. The number of sulfone groups is 1. The molecule has 1 aromatic carbocycles. The van der Waals surface area contributed by atoms with E-state index in [1.54, 1.807) is 6.07 Å². The van der Waals surface area contributed by atoms with Gasteiger partial charge in [0.25, 0.3) is 0 Å². The molecule has 0 saturated carbocycles. The predicted molar refractivity (Wildman–Crippen MR) is 81.1 cm³/mol.